The van der Waals surface area contributed by atoms with Crippen molar-refractivity contribution in [3.05, 3.63) is 33.4 Å². The van der Waals surface area contributed by atoms with Gasteiger partial charge in [-0.15, -0.1) is 0 Å². The van der Waals surface area contributed by atoms with Crippen molar-refractivity contribution in [3.63, 3.8) is 0 Å². The third-order valence-electron chi connectivity index (χ3n) is 2.70. The second-order valence-electron chi connectivity index (χ2n) is 4.92. The van der Waals surface area contributed by atoms with E-state index in [0.717, 1.165) is 9.13 Å². The lowest BCUT2D eigenvalue weighted by Crippen LogP contribution is -2.51. The van der Waals surface area contributed by atoms with Gasteiger partial charge in [0.2, 0.25) is 5.91 Å². The van der Waals surface area contributed by atoms with Crippen LogP contribution in [-0.4, -0.2) is 36.2 Å². The first-order chi connectivity index (χ1) is 9.34. The highest BCUT2D eigenvalue weighted by atomic mass is 127. The zero-order valence-electron chi connectivity index (χ0n) is 11.5. The van der Waals surface area contributed by atoms with Gasteiger partial charge in [-0.1, -0.05) is 12.1 Å². The smallest absolute Gasteiger partial charge is 0.305 e. The predicted octanol–water partition coefficient (Wildman–Crippen LogP) is 1.83. The van der Waals surface area contributed by atoms with E-state index in [1.165, 1.54) is 7.11 Å². The van der Waals surface area contributed by atoms with E-state index >= 15 is 0 Å². The molecule has 0 aromatic heterocycles. The number of halogens is 1. The number of benzene rings is 1. The molecule has 0 aliphatic carbocycles. The van der Waals surface area contributed by atoms with Crippen molar-refractivity contribution in [2.24, 2.45) is 0 Å². The van der Waals surface area contributed by atoms with E-state index in [0.29, 0.717) is 0 Å². The van der Waals surface area contributed by atoms with Crippen LogP contribution in [0.3, 0.4) is 0 Å². The summed E-state index contributed by atoms with van der Waals surface area (Å²) < 4.78 is 6.05. The van der Waals surface area contributed by atoms with Crippen molar-refractivity contribution in [2.45, 2.75) is 25.3 Å². The highest BCUT2D eigenvalue weighted by Crippen LogP contribution is 2.12. The Balaban J connectivity index is 2.68. The summed E-state index contributed by atoms with van der Waals surface area (Å²) in [6, 6.07) is 7.62. The monoisotopic (exact) mass is 391 g/mol. The first-order valence-corrected chi connectivity index (χ1v) is 7.19. The Morgan fingerprint density at radius 2 is 2.15 bits per heavy atom. The van der Waals surface area contributed by atoms with Crippen LogP contribution >= 0.6 is 22.6 Å². The number of carboxylic acids is 1. The third-order valence-corrected chi connectivity index (χ3v) is 3.37. The normalized spacial score (nSPS) is 13.6. The molecule has 1 aromatic rings. The molecule has 0 bridgehead atoms. The first-order valence-electron chi connectivity index (χ1n) is 6.11. The van der Waals surface area contributed by atoms with E-state index in [9.17, 15) is 9.59 Å². The molecule has 1 rings (SSSR count). The predicted molar refractivity (Wildman–Crippen MR) is 83.5 cm³/mol. The zero-order valence-corrected chi connectivity index (χ0v) is 13.6. The van der Waals surface area contributed by atoms with Crippen molar-refractivity contribution in [1.82, 2.24) is 5.32 Å². The van der Waals surface area contributed by atoms with Gasteiger partial charge in [0.1, 0.15) is 0 Å². The minimum Gasteiger partial charge on any atom is -0.481 e. The summed E-state index contributed by atoms with van der Waals surface area (Å²) in [4.78, 5) is 22.9. The fourth-order valence-corrected chi connectivity index (χ4v) is 2.60. The van der Waals surface area contributed by atoms with Gasteiger partial charge in [-0.2, -0.15) is 0 Å². The number of aliphatic carboxylic acids is 1. The largest absolute Gasteiger partial charge is 0.481 e. The minimum atomic E-state index is -0.973. The zero-order chi connectivity index (χ0) is 15.2. The summed E-state index contributed by atoms with van der Waals surface area (Å²) in [5.41, 5.74) is -0.0101. The Hall–Kier alpha value is -1.15. The van der Waals surface area contributed by atoms with Gasteiger partial charge in [0.15, 0.2) is 0 Å². The Morgan fingerprint density at radius 3 is 2.70 bits per heavy atom. The summed E-state index contributed by atoms with van der Waals surface area (Å²) in [6.45, 7) is 1.81. The minimum absolute atomic E-state index is 0.150. The molecule has 0 spiro atoms. The lowest BCUT2D eigenvalue weighted by Gasteiger charge is -2.28. The number of methoxy groups -OCH3 is 1. The highest BCUT2D eigenvalue weighted by Gasteiger charge is 2.29. The number of carbonyl (C=O) groups is 2. The van der Waals surface area contributed by atoms with Crippen molar-refractivity contribution in [3.8, 4) is 0 Å². The molecule has 110 valence electrons. The van der Waals surface area contributed by atoms with Gasteiger partial charge in [0, 0.05) is 10.7 Å². The summed E-state index contributed by atoms with van der Waals surface area (Å²) in [5, 5.41) is 11.7. The van der Waals surface area contributed by atoms with Crippen molar-refractivity contribution in [2.75, 3.05) is 13.7 Å². The van der Waals surface area contributed by atoms with Crippen molar-refractivity contribution >= 4 is 34.5 Å². The van der Waals surface area contributed by atoms with Crippen LogP contribution in [0.25, 0.3) is 0 Å². The highest BCUT2D eigenvalue weighted by molar-refractivity contribution is 14.1. The van der Waals surface area contributed by atoms with Gasteiger partial charge in [0.05, 0.1) is 25.0 Å². The number of rotatable bonds is 7. The lowest BCUT2D eigenvalue weighted by atomic mass is 9.98. The van der Waals surface area contributed by atoms with Gasteiger partial charge in [-0.25, -0.2) is 0 Å². The number of amides is 1. The standard InChI is InChI=1S/C14H18INO4/c1-14(9-20-2,8-13(18)19)16-12(17)7-10-4-3-5-11(15)6-10/h3-6H,7-9H2,1-2H3,(H,16,17)(H,18,19). The molecule has 6 heteroatoms. The Labute approximate surface area is 131 Å². The van der Waals surface area contributed by atoms with Gasteiger partial charge in [-0.3, -0.25) is 9.59 Å². The number of carboxylic acid groups (broad SMARTS) is 1. The van der Waals surface area contributed by atoms with Crippen LogP contribution in [0.5, 0.6) is 0 Å². The molecule has 5 nitrogen and oxygen atoms in total. The van der Waals surface area contributed by atoms with Crippen molar-refractivity contribution in [1.29, 1.82) is 0 Å². The van der Waals surface area contributed by atoms with Gasteiger partial charge >= 0.3 is 5.97 Å². The van der Waals surface area contributed by atoms with E-state index in [1.807, 2.05) is 24.3 Å². The first kappa shape index (κ1) is 16.9. The number of ether oxygens (including phenoxy) is 1. The van der Waals surface area contributed by atoms with E-state index in [4.69, 9.17) is 9.84 Å². The number of nitrogens with one attached hydrogen (secondary N) is 1. The molecule has 0 radical (unpaired) electrons. The summed E-state index contributed by atoms with van der Waals surface area (Å²) in [5.74, 6) is -1.19. The van der Waals surface area contributed by atoms with Gasteiger partial charge in [-0.05, 0) is 47.2 Å². The second kappa shape index (κ2) is 7.58. The lowest BCUT2D eigenvalue weighted by molar-refractivity contribution is -0.139. The molecular formula is C14H18INO4. The van der Waals surface area contributed by atoms with Crippen molar-refractivity contribution < 1.29 is 19.4 Å². The molecule has 1 atom stereocenters. The molecular weight excluding hydrogens is 373 g/mol. The molecule has 2 N–H and O–H groups in total. The van der Waals surface area contributed by atoms with E-state index in [1.54, 1.807) is 6.92 Å². The van der Waals surface area contributed by atoms with Crippen LogP contribution in [0.15, 0.2) is 24.3 Å². The molecule has 0 aliphatic rings. The maximum Gasteiger partial charge on any atom is 0.305 e. The Morgan fingerprint density at radius 1 is 1.45 bits per heavy atom. The molecule has 0 aliphatic heterocycles. The van der Waals surface area contributed by atoms with Crippen LogP contribution in [0, 0.1) is 3.57 Å². The SMILES string of the molecule is COCC(C)(CC(=O)O)NC(=O)Cc1cccc(I)c1. The fourth-order valence-electron chi connectivity index (χ4n) is 2.00. The Kier molecular flexibility index (Phi) is 6.41. The van der Waals surface area contributed by atoms with E-state index < -0.39 is 11.5 Å². The molecule has 0 saturated carbocycles. The van der Waals surface area contributed by atoms with Crippen LogP contribution in [-0.2, 0) is 20.7 Å². The van der Waals surface area contributed by atoms with Crippen LogP contribution in [0.4, 0.5) is 0 Å². The van der Waals surface area contributed by atoms with Crippen LogP contribution in [0.2, 0.25) is 0 Å². The average molecular weight is 391 g/mol. The van der Waals surface area contributed by atoms with Crippen LogP contribution in [0.1, 0.15) is 18.9 Å². The topological polar surface area (TPSA) is 75.6 Å². The van der Waals surface area contributed by atoms with E-state index in [-0.39, 0.29) is 25.4 Å². The quantitative estimate of drug-likeness (QED) is 0.696. The van der Waals surface area contributed by atoms with Crippen LogP contribution < -0.4 is 5.32 Å². The molecule has 0 heterocycles. The molecule has 20 heavy (non-hydrogen) atoms. The molecule has 0 saturated heterocycles. The summed E-state index contributed by atoms with van der Waals surface area (Å²) in [7, 11) is 1.48. The molecule has 1 unspecified atom stereocenters. The second-order valence-corrected chi connectivity index (χ2v) is 6.16. The maximum absolute atomic E-state index is 12.0. The summed E-state index contributed by atoms with van der Waals surface area (Å²) in [6.07, 6.45) is 0.0364. The molecule has 0 fully saturated rings. The number of carbonyl (C=O) groups excluding carboxylic acids is 1. The number of hydrogen-bond donors (Lipinski definition) is 2. The third kappa shape index (κ3) is 5.87. The van der Waals surface area contributed by atoms with Gasteiger partial charge in [0.25, 0.3) is 0 Å². The molecule has 1 amide bonds. The molecule has 1 aromatic carbocycles. The maximum atomic E-state index is 12.0. The van der Waals surface area contributed by atoms with Gasteiger partial charge < -0.3 is 15.2 Å². The average Bonchev–Trinajstić information content (AvgIpc) is 2.26. The fraction of sp³-hybridized carbons (Fsp3) is 0.429. The Bertz CT molecular complexity index is 492. The number of hydrogen-bond acceptors (Lipinski definition) is 3. The summed E-state index contributed by atoms with van der Waals surface area (Å²) >= 11 is 2.18. The van der Waals surface area contributed by atoms with E-state index in [2.05, 4.69) is 27.9 Å².